The van der Waals surface area contributed by atoms with E-state index in [0.29, 0.717) is 11.1 Å². The summed E-state index contributed by atoms with van der Waals surface area (Å²) in [4.78, 5) is 49.0. The van der Waals surface area contributed by atoms with Gasteiger partial charge < -0.3 is 15.3 Å². The standard InChI is InChI=1S/C16H19N3O5/c1-10(2)18(9-14(21)22)15(23)12-5-3-4-11(6-12)8-19-13(20)7-17-16(19)24/h3-6,10H,7-9H2,1-2H3,(H,17,24)(H,21,22). The summed E-state index contributed by atoms with van der Waals surface area (Å²) in [5.74, 6) is -1.83. The van der Waals surface area contributed by atoms with E-state index in [1.54, 1.807) is 38.1 Å². The van der Waals surface area contributed by atoms with Crippen LogP contribution in [-0.2, 0) is 16.1 Å². The number of carboxylic acid groups (broad SMARTS) is 1. The maximum Gasteiger partial charge on any atom is 0.324 e. The summed E-state index contributed by atoms with van der Waals surface area (Å²) in [5.41, 5.74) is 0.930. The molecule has 1 aliphatic heterocycles. The van der Waals surface area contributed by atoms with Gasteiger partial charge in [0.15, 0.2) is 0 Å². The molecule has 24 heavy (non-hydrogen) atoms. The van der Waals surface area contributed by atoms with Crippen molar-refractivity contribution in [3.05, 3.63) is 35.4 Å². The Bertz CT molecular complexity index is 670. The van der Waals surface area contributed by atoms with Crippen LogP contribution in [0.3, 0.4) is 0 Å². The van der Waals surface area contributed by atoms with Gasteiger partial charge in [-0.3, -0.25) is 19.3 Å². The summed E-state index contributed by atoms with van der Waals surface area (Å²) < 4.78 is 0. The molecule has 1 aliphatic rings. The molecule has 128 valence electrons. The van der Waals surface area contributed by atoms with E-state index in [1.807, 2.05) is 0 Å². The van der Waals surface area contributed by atoms with Crippen LogP contribution in [-0.4, -0.2) is 57.9 Å². The highest BCUT2D eigenvalue weighted by Crippen LogP contribution is 2.14. The molecule has 0 saturated carbocycles. The van der Waals surface area contributed by atoms with E-state index in [0.717, 1.165) is 4.90 Å². The molecule has 4 amide bonds. The number of hydrogen-bond donors (Lipinski definition) is 2. The molecule has 0 unspecified atom stereocenters. The first-order valence-corrected chi connectivity index (χ1v) is 7.49. The van der Waals surface area contributed by atoms with Crippen LogP contribution in [0.2, 0.25) is 0 Å². The average molecular weight is 333 g/mol. The van der Waals surface area contributed by atoms with Crippen LogP contribution in [0.25, 0.3) is 0 Å². The third-order valence-corrected chi connectivity index (χ3v) is 3.64. The molecule has 0 aromatic heterocycles. The Morgan fingerprint density at radius 3 is 2.58 bits per heavy atom. The summed E-state index contributed by atoms with van der Waals surface area (Å²) in [7, 11) is 0. The van der Waals surface area contributed by atoms with Gasteiger partial charge in [0.1, 0.15) is 6.54 Å². The van der Waals surface area contributed by atoms with E-state index in [2.05, 4.69) is 5.32 Å². The number of rotatable bonds is 6. The lowest BCUT2D eigenvalue weighted by Gasteiger charge is -2.25. The Kier molecular flexibility index (Phi) is 5.18. The van der Waals surface area contributed by atoms with Crippen LogP contribution in [0.15, 0.2) is 24.3 Å². The molecule has 0 bridgehead atoms. The van der Waals surface area contributed by atoms with Gasteiger partial charge in [0.05, 0.1) is 13.1 Å². The van der Waals surface area contributed by atoms with Crippen molar-refractivity contribution in [1.82, 2.24) is 15.1 Å². The predicted octanol–water partition coefficient (Wildman–Crippen LogP) is 0.674. The van der Waals surface area contributed by atoms with Crippen LogP contribution in [0, 0.1) is 0 Å². The Morgan fingerprint density at radius 1 is 1.33 bits per heavy atom. The number of urea groups is 1. The Morgan fingerprint density at radius 2 is 2.04 bits per heavy atom. The van der Waals surface area contributed by atoms with Crippen molar-refractivity contribution in [2.45, 2.75) is 26.4 Å². The molecule has 0 aliphatic carbocycles. The maximum atomic E-state index is 12.5. The van der Waals surface area contributed by atoms with Gasteiger partial charge in [-0.1, -0.05) is 12.1 Å². The van der Waals surface area contributed by atoms with Crippen LogP contribution < -0.4 is 5.32 Å². The molecule has 1 aromatic carbocycles. The molecule has 0 spiro atoms. The van der Waals surface area contributed by atoms with Crippen LogP contribution >= 0.6 is 0 Å². The van der Waals surface area contributed by atoms with Gasteiger partial charge >= 0.3 is 12.0 Å². The summed E-state index contributed by atoms with van der Waals surface area (Å²) in [6.07, 6.45) is 0. The number of nitrogens with one attached hydrogen (secondary N) is 1. The topological polar surface area (TPSA) is 107 Å². The molecule has 0 atom stereocenters. The fourth-order valence-electron chi connectivity index (χ4n) is 2.40. The lowest BCUT2D eigenvalue weighted by atomic mass is 10.1. The van der Waals surface area contributed by atoms with Gasteiger partial charge in [-0.2, -0.15) is 0 Å². The highest BCUT2D eigenvalue weighted by atomic mass is 16.4. The highest BCUT2D eigenvalue weighted by molar-refractivity contribution is 6.02. The molecular formula is C16H19N3O5. The fraction of sp³-hybridized carbons (Fsp3) is 0.375. The molecule has 8 heteroatoms. The third kappa shape index (κ3) is 3.89. The van der Waals surface area contributed by atoms with Crippen LogP contribution in [0.1, 0.15) is 29.8 Å². The highest BCUT2D eigenvalue weighted by Gasteiger charge is 2.28. The predicted molar refractivity (Wildman–Crippen MR) is 84.2 cm³/mol. The molecular weight excluding hydrogens is 314 g/mol. The normalized spacial score (nSPS) is 14.0. The number of carbonyl (C=O) groups excluding carboxylic acids is 3. The first-order valence-electron chi connectivity index (χ1n) is 7.49. The molecule has 1 heterocycles. The minimum atomic E-state index is -1.09. The van der Waals surface area contributed by atoms with E-state index in [4.69, 9.17) is 5.11 Å². The fourth-order valence-corrected chi connectivity index (χ4v) is 2.40. The molecule has 8 nitrogen and oxygen atoms in total. The van der Waals surface area contributed by atoms with Crippen molar-refractivity contribution in [3.63, 3.8) is 0 Å². The van der Waals surface area contributed by atoms with E-state index >= 15 is 0 Å². The van der Waals surface area contributed by atoms with E-state index in [1.165, 1.54) is 4.90 Å². The lowest BCUT2D eigenvalue weighted by molar-refractivity contribution is -0.138. The van der Waals surface area contributed by atoms with Gasteiger partial charge in [-0.25, -0.2) is 4.79 Å². The van der Waals surface area contributed by atoms with Crippen molar-refractivity contribution in [2.24, 2.45) is 0 Å². The lowest BCUT2D eigenvalue weighted by Crippen LogP contribution is -2.40. The van der Waals surface area contributed by atoms with Crippen molar-refractivity contribution >= 4 is 23.8 Å². The average Bonchev–Trinajstić information content (AvgIpc) is 2.84. The van der Waals surface area contributed by atoms with Crippen molar-refractivity contribution in [1.29, 1.82) is 0 Å². The van der Waals surface area contributed by atoms with E-state index < -0.39 is 24.5 Å². The summed E-state index contributed by atoms with van der Waals surface area (Å²) in [6.45, 7) is 3.10. The van der Waals surface area contributed by atoms with E-state index in [9.17, 15) is 19.2 Å². The first-order chi connectivity index (χ1) is 11.3. The second-order valence-electron chi connectivity index (χ2n) is 5.76. The zero-order valence-corrected chi connectivity index (χ0v) is 13.5. The summed E-state index contributed by atoms with van der Waals surface area (Å²) >= 11 is 0. The number of aliphatic carboxylic acids is 1. The summed E-state index contributed by atoms with van der Waals surface area (Å²) in [5, 5.41) is 11.4. The maximum absolute atomic E-state index is 12.5. The number of nitrogens with zero attached hydrogens (tertiary/aromatic N) is 2. The largest absolute Gasteiger partial charge is 0.480 e. The Hall–Kier alpha value is -2.90. The number of hydrogen-bond acceptors (Lipinski definition) is 4. The quantitative estimate of drug-likeness (QED) is 0.744. The number of carbonyl (C=O) groups is 4. The smallest absolute Gasteiger partial charge is 0.324 e. The molecule has 2 N–H and O–H groups in total. The minimum absolute atomic E-state index is 0.0306. The van der Waals surface area contributed by atoms with Crippen molar-refractivity contribution in [2.75, 3.05) is 13.1 Å². The zero-order chi connectivity index (χ0) is 17.9. The van der Waals surface area contributed by atoms with Gasteiger partial charge in [0.25, 0.3) is 5.91 Å². The Balaban J connectivity index is 2.19. The number of imide groups is 1. The number of carboxylic acids is 1. The third-order valence-electron chi connectivity index (χ3n) is 3.64. The molecule has 0 radical (unpaired) electrons. The monoisotopic (exact) mass is 333 g/mol. The van der Waals surface area contributed by atoms with Crippen molar-refractivity contribution < 1.29 is 24.3 Å². The summed E-state index contributed by atoms with van der Waals surface area (Å²) in [6, 6.07) is 5.75. The molecule has 1 aromatic rings. The van der Waals surface area contributed by atoms with Gasteiger partial charge in [-0.15, -0.1) is 0 Å². The number of benzene rings is 1. The van der Waals surface area contributed by atoms with Crippen molar-refractivity contribution in [3.8, 4) is 0 Å². The zero-order valence-electron chi connectivity index (χ0n) is 13.5. The van der Waals surface area contributed by atoms with Crippen LogP contribution in [0.5, 0.6) is 0 Å². The second-order valence-corrected chi connectivity index (χ2v) is 5.76. The Labute approximate surface area is 139 Å². The first kappa shape index (κ1) is 17.5. The number of amides is 4. The van der Waals surface area contributed by atoms with Gasteiger partial charge in [0, 0.05) is 11.6 Å². The molecule has 1 saturated heterocycles. The van der Waals surface area contributed by atoms with E-state index in [-0.39, 0.29) is 25.0 Å². The second kappa shape index (κ2) is 7.12. The van der Waals surface area contributed by atoms with Gasteiger partial charge in [-0.05, 0) is 31.5 Å². The molecule has 1 fully saturated rings. The van der Waals surface area contributed by atoms with Gasteiger partial charge in [0.2, 0.25) is 5.91 Å². The molecule has 2 rings (SSSR count). The SMILES string of the molecule is CC(C)N(CC(=O)O)C(=O)c1cccc(CN2C(=O)CNC2=O)c1. The minimum Gasteiger partial charge on any atom is -0.480 e. The van der Waals surface area contributed by atoms with Crippen LogP contribution in [0.4, 0.5) is 4.79 Å².